The van der Waals surface area contributed by atoms with Crippen LogP contribution < -0.4 is 14.4 Å². The Balaban J connectivity index is 1.91. The van der Waals surface area contributed by atoms with Gasteiger partial charge in [-0.25, -0.2) is 0 Å². The second-order valence-corrected chi connectivity index (χ2v) is 4.91. The summed E-state index contributed by atoms with van der Waals surface area (Å²) in [6, 6.07) is 13.6. The number of ether oxygens (including phenoxy) is 2. The first-order valence-corrected chi connectivity index (χ1v) is 6.81. The number of anilines is 1. The first kappa shape index (κ1) is 14.1. The fourth-order valence-corrected chi connectivity index (χ4v) is 2.50. The van der Waals surface area contributed by atoms with Gasteiger partial charge in [0.2, 0.25) is 5.78 Å². The Labute approximate surface area is 128 Å². The second kappa shape index (κ2) is 5.52. The van der Waals surface area contributed by atoms with Gasteiger partial charge >= 0.3 is 0 Å². The molecule has 2 aromatic rings. The minimum atomic E-state index is -0.577. The van der Waals surface area contributed by atoms with Gasteiger partial charge in [-0.15, -0.1) is 0 Å². The highest BCUT2D eigenvalue weighted by Gasteiger charge is 2.47. The molecular formula is C17H15NO4. The Morgan fingerprint density at radius 2 is 1.32 bits per heavy atom. The number of rotatable bonds is 4. The molecule has 3 rings (SSSR count). The van der Waals surface area contributed by atoms with Crippen molar-refractivity contribution in [2.75, 3.05) is 19.1 Å². The van der Waals surface area contributed by atoms with Gasteiger partial charge in [-0.2, -0.15) is 0 Å². The van der Waals surface area contributed by atoms with Gasteiger partial charge in [0.05, 0.1) is 14.2 Å². The molecule has 0 bridgehead atoms. The van der Waals surface area contributed by atoms with Crippen molar-refractivity contribution in [3.05, 3.63) is 54.1 Å². The van der Waals surface area contributed by atoms with Crippen LogP contribution in [0.2, 0.25) is 0 Å². The minimum absolute atomic E-state index is 0.402. The van der Waals surface area contributed by atoms with Crippen LogP contribution in [0.1, 0.15) is 11.6 Å². The van der Waals surface area contributed by atoms with E-state index >= 15 is 0 Å². The van der Waals surface area contributed by atoms with Crippen LogP contribution >= 0.6 is 0 Å². The molecule has 1 heterocycles. The summed E-state index contributed by atoms with van der Waals surface area (Å²) in [5.74, 6) is 0.508. The lowest BCUT2D eigenvalue weighted by molar-refractivity contribution is -0.143. The molecule has 1 unspecified atom stereocenters. The van der Waals surface area contributed by atoms with Crippen molar-refractivity contribution in [1.82, 2.24) is 0 Å². The summed E-state index contributed by atoms with van der Waals surface area (Å²) in [6.07, 6.45) is 0. The number of carbonyl (C=O) groups is 2. The molecule has 0 spiro atoms. The molecule has 22 heavy (non-hydrogen) atoms. The summed E-state index contributed by atoms with van der Waals surface area (Å²) in [5, 5.41) is 0. The van der Waals surface area contributed by atoms with Crippen molar-refractivity contribution in [3.63, 3.8) is 0 Å². The Morgan fingerprint density at radius 1 is 0.818 bits per heavy atom. The van der Waals surface area contributed by atoms with Gasteiger partial charge in [0.25, 0.3) is 5.91 Å². The third-order valence-electron chi connectivity index (χ3n) is 3.72. The van der Waals surface area contributed by atoms with Crippen LogP contribution in [-0.2, 0) is 9.59 Å². The molecule has 0 aliphatic carbocycles. The molecule has 0 aromatic heterocycles. The number of nitrogens with zero attached hydrogens (tertiary/aromatic N) is 1. The number of amides is 1. The van der Waals surface area contributed by atoms with Gasteiger partial charge in [0, 0.05) is 5.69 Å². The van der Waals surface area contributed by atoms with E-state index in [1.807, 2.05) is 0 Å². The number of hydrogen-bond acceptors (Lipinski definition) is 4. The Bertz CT molecular complexity index is 643. The second-order valence-electron chi connectivity index (χ2n) is 4.91. The summed E-state index contributed by atoms with van der Waals surface area (Å²) < 4.78 is 10.2. The zero-order valence-electron chi connectivity index (χ0n) is 12.3. The molecule has 2 aromatic carbocycles. The molecule has 112 valence electrons. The number of ketones is 1. The third kappa shape index (κ3) is 2.20. The molecule has 0 N–H and O–H groups in total. The van der Waals surface area contributed by atoms with Crippen LogP contribution in [0.25, 0.3) is 0 Å². The molecule has 1 aliphatic heterocycles. The highest BCUT2D eigenvalue weighted by atomic mass is 16.5. The lowest BCUT2D eigenvalue weighted by atomic mass is 9.91. The number of β-lactam (4-membered cyclic amide) rings is 1. The summed E-state index contributed by atoms with van der Waals surface area (Å²) in [5.41, 5.74) is 1.44. The van der Waals surface area contributed by atoms with Crippen LogP contribution in [-0.4, -0.2) is 25.9 Å². The van der Waals surface area contributed by atoms with Gasteiger partial charge in [0.1, 0.15) is 17.5 Å². The molecular weight excluding hydrogens is 282 g/mol. The highest BCUT2D eigenvalue weighted by Crippen LogP contribution is 2.37. The lowest BCUT2D eigenvalue weighted by Crippen LogP contribution is -2.56. The fraction of sp³-hybridized carbons (Fsp3) is 0.176. The molecule has 5 heteroatoms. The first-order valence-electron chi connectivity index (χ1n) is 6.81. The number of Topliss-reactive ketones (excluding diaryl/α,β-unsaturated/α-hetero) is 1. The molecule has 1 amide bonds. The summed E-state index contributed by atoms with van der Waals surface area (Å²) in [4.78, 5) is 25.4. The first-order chi connectivity index (χ1) is 10.7. The van der Waals surface area contributed by atoms with Gasteiger partial charge in [-0.3, -0.25) is 14.5 Å². The maximum absolute atomic E-state index is 12.0. The predicted octanol–water partition coefficient (Wildman–Crippen LogP) is 2.36. The van der Waals surface area contributed by atoms with Crippen molar-refractivity contribution >= 4 is 17.4 Å². The molecule has 1 saturated heterocycles. The van der Waals surface area contributed by atoms with Crippen LogP contribution in [0.5, 0.6) is 11.5 Å². The van der Waals surface area contributed by atoms with Gasteiger partial charge < -0.3 is 9.47 Å². The quantitative estimate of drug-likeness (QED) is 0.642. The normalized spacial score (nSPS) is 17.2. The molecule has 0 saturated carbocycles. The van der Waals surface area contributed by atoms with Crippen molar-refractivity contribution < 1.29 is 19.1 Å². The molecule has 5 nitrogen and oxygen atoms in total. The van der Waals surface area contributed by atoms with Crippen LogP contribution in [0.3, 0.4) is 0 Å². The van der Waals surface area contributed by atoms with E-state index in [9.17, 15) is 9.59 Å². The standard InChI is InChI=1S/C17H15NO4/c1-21-13-7-3-11(4-8-13)15-16(19)17(20)18(15)12-5-9-14(22-2)10-6-12/h3-10,15H,1-2H3. The monoisotopic (exact) mass is 297 g/mol. The topological polar surface area (TPSA) is 55.8 Å². The molecule has 1 aliphatic rings. The number of methoxy groups -OCH3 is 2. The average molecular weight is 297 g/mol. The lowest BCUT2D eigenvalue weighted by Gasteiger charge is -2.38. The minimum Gasteiger partial charge on any atom is -0.497 e. The smallest absolute Gasteiger partial charge is 0.297 e. The number of hydrogen-bond donors (Lipinski definition) is 0. The maximum atomic E-state index is 12.0. The van der Waals surface area contributed by atoms with Crippen molar-refractivity contribution in [1.29, 1.82) is 0 Å². The predicted molar refractivity (Wildman–Crippen MR) is 81.2 cm³/mol. The fourth-order valence-electron chi connectivity index (χ4n) is 2.50. The van der Waals surface area contributed by atoms with Crippen LogP contribution in [0, 0.1) is 0 Å². The Morgan fingerprint density at radius 3 is 1.82 bits per heavy atom. The SMILES string of the molecule is COc1ccc(C2C(=O)C(=O)N2c2ccc(OC)cc2)cc1. The van der Waals surface area contributed by atoms with Gasteiger partial charge in [-0.1, -0.05) is 12.1 Å². The van der Waals surface area contributed by atoms with Crippen LogP contribution in [0.15, 0.2) is 48.5 Å². The number of carbonyl (C=O) groups excluding carboxylic acids is 2. The van der Waals surface area contributed by atoms with E-state index in [1.54, 1.807) is 62.8 Å². The summed E-state index contributed by atoms with van der Waals surface area (Å²) >= 11 is 0. The van der Waals surface area contributed by atoms with E-state index in [2.05, 4.69) is 0 Å². The molecule has 1 fully saturated rings. The third-order valence-corrected chi connectivity index (χ3v) is 3.72. The van der Waals surface area contributed by atoms with E-state index in [4.69, 9.17) is 9.47 Å². The Kier molecular flexibility index (Phi) is 3.55. The van der Waals surface area contributed by atoms with E-state index in [-0.39, 0.29) is 0 Å². The van der Waals surface area contributed by atoms with Crippen molar-refractivity contribution in [2.45, 2.75) is 6.04 Å². The van der Waals surface area contributed by atoms with Gasteiger partial charge in [0.15, 0.2) is 0 Å². The zero-order valence-corrected chi connectivity index (χ0v) is 12.3. The number of benzene rings is 2. The van der Waals surface area contributed by atoms with E-state index in [1.165, 1.54) is 4.90 Å². The largest absolute Gasteiger partial charge is 0.497 e. The van der Waals surface area contributed by atoms with Crippen LogP contribution in [0.4, 0.5) is 5.69 Å². The van der Waals surface area contributed by atoms with Gasteiger partial charge in [-0.05, 0) is 42.0 Å². The average Bonchev–Trinajstić information content (AvgIpc) is 2.59. The Hall–Kier alpha value is -2.82. The van der Waals surface area contributed by atoms with E-state index in [0.29, 0.717) is 17.2 Å². The highest BCUT2D eigenvalue weighted by molar-refractivity contribution is 6.51. The summed E-state index contributed by atoms with van der Waals surface area (Å²) in [6.45, 7) is 0. The maximum Gasteiger partial charge on any atom is 0.297 e. The van der Waals surface area contributed by atoms with E-state index < -0.39 is 17.7 Å². The zero-order chi connectivity index (χ0) is 15.7. The summed E-state index contributed by atoms with van der Waals surface area (Å²) in [7, 11) is 3.16. The van der Waals surface area contributed by atoms with E-state index in [0.717, 1.165) is 5.56 Å². The molecule has 1 atom stereocenters. The van der Waals surface area contributed by atoms with Crippen molar-refractivity contribution in [3.8, 4) is 11.5 Å². The van der Waals surface area contributed by atoms with Crippen molar-refractivity contribution in [2.24, 2.45) is 0 Å². The molecule has 0 radical (unpaired) electrons.